The second-order valence-corrected chi connectivity index (χ2v) is 3.52. The summed E-state index contributed by atoms with van der Waals surface area (Å²) >= 11 is 1.64. The number of aliphatic hydroxyl groups excluding tert-OH is 1. The monoisotopic (exact) mass is 172 g/mol. The van der Waals surface area contributed by atoms with E-state index < -0.39 is 6.10 Å². The SMILES string of the molecule is COCC(O)c1ccsc1C. The van der Waals surface area contributed by atoms with Gasteiger partial charge in [0.05, 0.1) is 6.61 Å². The summed E-state index contributed by atoms with van der Waals surface area (Å²) in [5.41, 5.74) is 0.983. The Labute approximate surface area is 70.4 Å². The van der Waals surface area contributed by atoms with E-state index in [1.165, 1.54) is 0 Å². The molecule has 1 aromatic heterocycles. The van der Waals surface area contributed by atoms with Crippen molar-refractivity contribution in [1.82, 2.24) is 0 Å². The van der Waals surface area contributed by atoms with E-state index in [4.69, 9.17) is 4.74 Å². The Bertz CT molecular complexity index is 220. The van der Waals surface area contributed by atoms with Gasteiger partial charge in [0.1, 0.15) is 6.10 Å². The molecule has 11 heavy (non-hydrogen) atoms. The number of aryl methyl sites for hydroxylation is 1. The van der Waals surface area contributed by atoms with Gasteiger partial charge in [-0.2, -0.15) is 0 Å². The predicted octanol–water partition coefficient (Wildman–Crippen LogP) is 1.74. The lowest BCUT2D eigenvalue weighted by Crippen LogP contribution is -2.04. The van der Waals surface area contributed by atoms with Crippen molar-refractivity contribution >= 4 is 11.3 Å². The third-order valence-electron chi connectivity index (χ3n) is 1.58. The minimum absolute atomic E-state index is 0.373. The largest absolute Gasteiger partial charge is 0.386 e. The van der Waals surface area contributed by atoms with Gasteiger partial charge in [0.25, 0.3) is 0 Å². The molecule has 3 heteroatoms. The molecular weight excluding hydrogens is 160 g/mol. The van der Waals surface area contributed by atoms with Crippen LogP contribution in [0, 0.1) is 6.92 Å². The molecule has 1 unspecified atom stereocenters. The van der Waals surface area contributed by atoms with Crippen molar-refractivity contribution in [2.24, 2.45) is 0 Å². The highest BCUT2D eigenvalue weighted by atomic mass is 32.1. The molecular formula is C8H12O2S. The molecule has 0 aliphatic carbocycles. The molecule has 0 aliphatic heterocycles. The number of ether oxygens (including phenoxy) is 1. The zero-order valence-electron chi connectivity index (χ0n) is 6.70. The Balaban J connectivity index is 2.67. The van der Waals surface area contributed by atoms with Gasteiger partial charge >= 0.3 is 0 Å². The van der Waals surface area contributed by atoms with Crippen LogP contribution in [0.3, 0.4) is 0 Å². The molecule has 0 saturated heterocycles. The van der Waals surface area contributed by atoms with Gasteiger partial charge in [-0.15, -0.1) is 11.3 Å². The average molecular weight is 172 g/mol. The second kappa shape index (κ2) is 3.85. The van der Waals surface area contributed by atoms with Gasteiger partial charge in [0.15, 0.2) is 0 Å². The molecule has 1 N–H and O–H groups in total. The summed E-state index contributed by atoms with van der Waals surface area (Å²) in [5.74, 6) is 0. The summed E-state index contributed by atoms with van der Waals surface area (Å²) in [6.45, 7) is 2.37. The van der Waals surface area contributed by atoms with Gasteiger partial charge in [-0.05, 0) is 23.9 Å². The first-order valence-corrected chi connectivity index (χ1v) is 4.34. The molecule has 1 atom stereocenters. The van der Waals surface area contributed by atoms with Gasteiger partial charge in [-0.3, -0.25) is 0 Å². The fraction of sp³-hybridized carbons (Fsp3) is 0.500. The predicted molar refractivity (Wildman–Crippen MR) is 45.9 cm³/mol. The van der Waals surface area contributed by atoms with Crippen LogP contribution in [0.1, 0.15) is 16.5 Å². The van der Waals surface area contributed by atoms with Crippen molar-refractivity contribution < 1.29 is 9.84 Å². The average Bonchev–Trinajstić information content (AvgIpc) is 2.36. The molecule has 62 valence electrons. The fourth-order valence-corrected chi connectivity index (χ4v) is 1.75. The molecule has 1 heterocycles. The maximum atomic E-state index is 9.47. The highest BCUT2D eigenvalue weighted by Gasteiger charge is 2.09. The molecule has 0 saturated carbocycles. The van der Waals surface area contributed by atoms with E-state index in [1.54, 1.807) is 18.4 Å². The molecule has 1 aromatic rings. The lowest BCUT2D eigenvalue weighted by atomic mass is 10.1. The van der Waals surface area contributed by atoms with Crippen LogP contribution in [0.4, 0.5) is 0 Å². The Hall–Kier alpha value is -0.380. The number of rotatable bonds is 3. The van der Waals surface area contributed by atoms with Crippen LogP contribution in [0.2, 0.25) is 0 Å². The van der Waals surface area contributed by atoms with E-state index in [9.17, 15) is 5.11 Å². The van der Waals surface area contributed by atoms with Crippen LogP contribution >= 0.6 is 11.3 Å². The smallest absolute Gasteiger partial charge is 0.103 e. The van der Waals surface area contributed by atoms with Crippen LogP contribution in [0.25, 0.3) is 0 Å². The first-order chi connectivity index (χ1) is 5.25. The quantitative estimate of drug-likeness (QED) is 0.752. The van der Waals surface area contributed by atoms with Crippen molar-refractivity contribution in [1.29, 1.82) is 0 Å². The lowest BCUT2D eigenvalue weighted by Gasteiger charge is -2.07. The van der Waals surface area contributed by atoms with Crippen LogP contribution in [-0.2, 0) is 4.74 Å². The van der Waals surface area contributed by atoms with Gasteiger partial charge in [-0.1, -0.05) is 0 Å². The molecule has 0 radical (unpaired) electrons. The first kappa shape index (κ1) is 8.71. The molecule has 2 nitrogen and oxygen atoms in total. The summed E-state index contributed by atoms with van der Waals surface area (Å²) < 4.78 is 4.84. The van der Waals surface area contributed by atoms with Crippen LogP contribution < -0.4 is 0 Å². The lowest BCUT2D eigenvalue weighted by molar-refractivity contribution is 0.0643. The third-order valence-corrected chi connectivity index (χ3v) is 2.44. The van der Waals surface area contributed by atoms with E-state index in [1.807, 2.05) is 18.4 Å². The zero-order valence-corrected chi connectivity index (χ0v) is 7.52. The van der Waals surface area contributed by atoms with Crippen molar-refractivity contribution in [3.05, 3.63) is 21.9 Å². The summed E-state index contributed by atoms with van der Waals surface area (Å²) in [7, 11) is 1.59. The maximum Gasteiger partial charge on any atom is 0.103 e. The Morgan fingerprint density at radius 1 is 1.73 bits per heavy atom. The number of hydrogen-bond acceptors (Lipinski definition) is 3. The van der Waals surface area contributed by atoms with Gasteiger partial charge < -0.3 is 9.84 Å². The van der Waals surface area contributed by atoms with E-state index in [0.717, 1.165) is 10.4 Å². The van der Waals surface area contributed by atoms with Crippen molar-refractivity contribution in [2.75, 3.05) is 13.7 Å². The van der Waals surface area contributed by atoms with E-state index in [-0.39, 0.29) is 0 Å². The number of methoxy groups -OCH3 is 1. The molecule has 0 fully saturated rings. The second-order valence-electron chi connectivity index (χ2n) is 2.40. The Morgan fingerprint density at radius 3 is 2.91 bits per heavy atom. The zero-order chi connectivity index (χ0) is 8.27. The molecule has 0 spiro atoms. The Kier molecular flexibility index (Phi) is 3.05. The van der Waals surface area contributed by atoms with Crippen LogP contribution in [-0.4, -0.2) is 18.8 Å². The standard InChI is InChI=1S/C8H12O2S/c1-6-7(3-4-11-6)8(9)5-10-2/h3-4,8-9H,5H2,1-2H3. The van der Waals surface area contributed by atoms with Crippen molar-refractivity contribution in [2.45, 2.75) is 13.0 Å². The van der Waals surface area contributed by atoms with Crippen LogP contribution in [0.15, 0.2) is 11.4 Å². The number of aliphatic hydroxyl groups is 1. The fourth-order valence-electron chi connectivity index (χ4n) is 0.988. The minimum Gasteiger partial charge on any atom is -0.386 e. The van der Waals surface area contributed by atoms with E-state index in [2.05, 4.69) is 0 Å². The van der Waals surface area contributed by atoms with E-state index in [0.29, 0.717) is 6.61 Å². The minimum atomic E-state index is -0.466. The normalized spacial score (nSPS) is 13.4. The summed E-state index contributed by atoms with van der Waals surface area (Å²) in [4.78, 5) is 1.16. The van der Waals surface area contributed by atoms with Crippen molar-refractivity contribution in [3.8, 4) is 0 Å². The van der Waals surface area contributed by atoms with Crippen LogP contribution in [0.5, 0.6) is 0 Å². The van der Waals surface area contributed by atoms with Gasteiger partial charge in [-0.25, -0.2) is 0 Å². The number of hydrogen-bond donors (Lipinski definition) is 1. The van der Waals surface area contributed by atoms with E-state index >= 15 is 0 Å². The van der Waals surface area contributed by atoms with Crippen molar-refractivity contribution in [3.63, 3.8) is 0 Å². The maximum absolute atomic E-state index is 9.47. The van der Waals surface area contributed by atoms with Gasteiger partial charge in [0.2, 0.25) is 0 Å². The highest BCUT2D eigenvalue weighted by molar-refractivity contribution is 7.10. The topological polar surface area (TPSA) is 29.5 Å². The third kappa shape index (κ3) is 2.02. The number of thiophene rings is 1. The van der Waals surface area contributed by atoms with Gasteiger partial charge in [0, 0.05) is 12.0 Å². The summed E-state index contributed by atoms with van der Waals surface area (Å²) in [5, 5.41) is 11.4. The molecule has 0 amide bonds. The molecule has 0 aromatic carbocycles. The highest BCUT2D eigenvalue weighted by Crippen LogP contribution is 2.22. The molecule has 0 aliphatic rings. The summed E-state index contributed by atoms with van der Waals surface area (Å²) in [6.07, 6.45) is -0.466. The Morgan fingerprint density at radius 2 is 2.45 bits per heavy atom. The molecule has 0 bridgehead atoms. The molecule has 1 rings (SSSR count). The first-order valence-electron chi connectivity index (χ1n) is 3.46. The summed E-state index contributed by atoms with van der Waals surface area (Å²) in [6, 6.07) is 1.93.